The number of hydrogen-bond acceptors (Lipinski definition) is 7. The number of nitro groups is 1. The van der Waals surface area contributed by atoms with Gasteiger partial charge in [0, 0.05) is 36.0 Å². The summed E-state index contributed by atoms with van der Waals surface area (Å²) in [6.45, 7) is 4.41. The third-order valence-electron chi connectivity index (χ3n) is 5.46. The highest BCUT2D eigenvalue weighted by atomic mass is 16.6. The Kier molecular flexibility index (Phi) is 5.19. The minimum atomic E-state index is -0.469. The Balaban J connectivity index is 1.78. The fraction of sp³-hybridized carbons (Fsp3) is 0.174. The number of nitro benzene ring substituents is 1. The molecule has 0 atom stereocenters. The molecule has 0 aliphatic carbocycles. The number of pyridine rings is 1. The number of imidazole rings is 1. The van der Waals surface area contributed by atoms with Crippen LogP contribution in [-0.4, -0.2) is 43.7 Å². The van der Waals surface area contributed by atoms with E-state index >= 15 is 0 Å². The molecule has 2 N–H and O–H groups in total. The van der Waals surface area contributed by atoms with Gasteiger partial charge in [0.2, 0.25) is 0 Å². The second-order valence-electron chi connectivity index (χ2n) is 7.51. The van der Waals surface area contributed by atoms with E-state index in [9.17, 15) is 14.9 Å². The molecule has 0 amide bonds. The van der Waals surface area contributed by atoms with E-state index in [2.05, 4.69) is 15.7 Å². The molecule has 0 saturated heterocycles. The summed E-state index contributed by atoms with van der Waals surface area (Å²) >= 11 is 0. The van der Waals surface area contributed by atoms with Crippen LogP contribution in [0, 0.1) is 10.1 Å². The molecule has 0 radical (unpaired) electrons. The molecule has 3 aromatic heterocycles. The molecule has 166 valence electrons. The summed E-state index contributed by atoms with van der Waals surface area (Å²) in [5.41, 5.74) is 1.91. The predicted molar refractivity (Wildman–Crippen MR) is 127 cm³/mol. The van der Waals surface area contributed by atoms with Crippen LogP contribution in [0.1, 0.15) is 6.92 Å². The molecule has 10 nitrogen and oxygen atoms in total. The van der Waals surface area contributed by atoms with Gasteiger partial charge in [-0.15, -0.1) is 5.10 Å². The van der Waals surface area contributed by atoms with Crippen LogP contribution in [0.4, 0.5) is 11.5 Å². The molecule has 0 aliphatic rings. The zero-order valence-corrected chi connectivity index (χ0v) is 17.9. The first kappa shape index (κ1) is 20.6. The monoisotopic (exact) mass is 443 g/mol. The number of benzene rings is 2. The lowest BCUT2D eigenvalue weighted by molar-refractivity contribution is -0.384. The minimum absolute atomic E-state index is 0.0488. The van der Waals surface area contributed by atoms with E-state index < -0.39 is 4.92 Å². The van der Waals surface area contributed by atoms with Gasteiger partial charge in [-0.2, -0.15) is 4.52 Å². The Bertz CT molecular complexity index is 1550. The second-order valence-corrected chi connectivity index (χ2v) is 7.51. The molecule has 5 aromatic rings. The van der Waals surface area contributed by atoms with Gasteiger partial charge in [0.1, 0.15) is 11.3 Å². The third kappa shape index (κ3) is 3.56. The van der Waals surface area contributed by atoms with E-state index in [4.69, 9.17) is 4.98 Å². The SMILES string of the molecule is CCNCCNc1ccc2nc3c4ccccc4c(=O)n(-c4ccc([N+](=O)[O-])cc4)c3n2n1. The van der Waals surface area contributed by atoms with Gasteiger partial charge in [-0.05, 0) is 36.9 Å². The highest BCUT2D eigenvalue weighted by Gasteiger charge is 2.19. The number of aromatic nitrogens is 4. The summed E-state index contributed by atoms with van der Waals surface area (Å²) in [6, 6.07) is 16.9. The van der Waals surface area contributed by atoms with E-state index in [0.29, 0.717) is 40.2 Å². The zero-order chi connectivity index (χ0) is 22.9. The van der Waals surface area contributed by atoms with Gasteiger partial charge in [-0.1, -0.05) is 25.1 Å². The van der Waals surface area contributed by atoms with Gasteiger partial charge in [0.05, 0.1) is 10.6 Å². The Hall–Kier alpha value is -4.31. The van der Waals surface area contributed by atoms with Crippen LogP contribution in [0.15, 0.2) is 65.5 Å². The molecule has 0 saturated carbocycles. The van der Waals surface area contributed by atoms with E-state index in [-0.39, 0.29) is 11.2 Å². The van der Waals surface area contributed by atoms with Crippen molar-refractivity contribution in [2.24, 2.45) is 0 Å². The molecular weight excluding hydrogens is 422 g/mol. The number of fused-ring (bicyclic) bond motifs is 5. The summed E-state index contributed by atoms with van der Waals surface area (Å²) < 4.78 is 3.15. The summed E-state index contributed by atoms with van der Waals surface area (Å²) in [6.07, 6.45) is 0. The van der Waals surface area contributed by atoms with Crippen LogP contribution in [-0.2, 0) is 0 Å². The normalized spacial score (nSPS) is 11.4. The molecule has 33 heavy (non-hydrogen) atoms. The average Bonchev–Trinajstić information content (AvgIpc) is 3.21. The van der Waals surface area contributed by atoms with E-state index in [0.717, 1.165) is 18.5 Å². The zero-order valence-electron chi connectivity index (χ0n) is 17.9. The molecular formula is C23H21N7O3. The number of rotatable bonds is 7. The first-order valence-corrected chi connectivity index (χ1v) is 10.6. The van der Waals surface area contributed by atoms with Gasteiger partial charge in [-0.3, -0.25) is 19.5 Å². The smallest absolute Gasteiger partial charge is 0.269 e. The number of hydrogen-bond donors (Lipinski definition) is 2. The summed E-state index contributed by atoms with van der Waals surface area (Å²) in [4.78, 5) is 29.0. The van der Waals surface area contributed by atoms with Crippen LogP contribution in [0.25, 0.3) is 33.3 Å². The molecule has 0 fully saturated rings. The lowest BCUT2D eigenvalue weighted by Crippen LogP contribution is -2.22. The van der Waals surface area contributed by atoms with Crippen molar-refractivity contribution < 1.29 is 4.92 Å². The molecule has 10 heteroatoms. The first-order valence-electron chi connectivity index (χ1n) is 10.6. The first-order chi connectivity index (χ1) is 16.1. The van der Waals surface area contributed by atoms with Crippen molar-refractivity contribution in [2.75, 3.05) is 25.0 Å². The van der Waals surface area contributed by atoms with Crippen LogP contribution >= 0.6 is 0 Å². The fourth-order valence-corrected chi connectivity index (χ4v) is 3.91. The lowest BCUT2D eigenvalue weighted by Gasteiger charge is -2.11. The van der Waals surface area contributed by atoms with Crippen LogP contribution in [0.3, 0.4) is 0 Å². The van der Waals surface area contributed by atoms with Crippen molar-refractivity contribution in [1.82, 2.24) is 24.5 Å². The lowest BCUT2D eigenvalue weighted by atomic mass is 10.1. The van der Waals surface area contributed by atoms with Crippen molar-refractivity contribution in [3.8, 4) is 5.69 Å². The number of nitrogens with one attached hydrogen (secondary N) is 2. The molecule has 2 aromatic carbocycles. The third-order valence-corrected chi connectivity index (χ3v) is 5.46. The molecule has 3 heterocycles. The summed E-state index contributed by atoms with van der Waals surface area (Å²) in [5.74, 6) is 0.649. The maximum absolute atomic E-state index is 13.6. The number of non-ortho nitro benzene ring substituents is 1. The molecule has 0 unspecified atom stereocenters. The molecule has 0 spiro atoms. The number of nitrogens with zero attached hydrogens (tertiary/aromatic N) is 5. The molecule has 5 rings (SSSR count). The predicted octanol–water partition coefficient (Wildman–Crippen LogP) is 3.12. The fourth-order valence-electron chi connectivity index (χ4n) is 3.91. The van der Waals surface area contributed by atoms with E-state index in [1.807, 2.05) is 31.2 Å². The van der Waals surface area contributed by atoms with Gasteiger partial charge in [0.25, 0.3) is 11.2 Å². The second kappa shape index (κ2) is 8.32. The minimum Gasteiger partial charge on any atom is -0.367 e. The standard InChI is InChI=1S/C23H21N7O3/c1-2-24-13-14-25-19-11-12-20-26-21-17-5-3-4-6-18(17)23(31)28(22(21)29(20)27-19)15-7-9-16(10-8-15)30(32)33/h3-12,24H,2,13-14H2,1H3,(H,25,27). The Labute approximate surface area is 187 Å². The van der Waals surface area contributed by atoms with Gasteiger partial charge >= 0.3 is 0 Å². The van der Waals surface area contributed by atoms with Crippen LogP contribution in [0.2, 0.25) is 0 Å². The molecule has 0 aliphatic heterocycles. The van der Waals surface area contributed by atoms with Gasteiger partial charge in [0.15, 0.2) is 11.3 Å². The maximum Gasteiger partial charge on any atom is 0.269 e. The van der Waals surface area contributed by atoms with Gasteiger partial charge < -0.3 is 10.6 Å². The largest absolute Gasteiger partial charge is 0.367 e. The topological polar surface area (TPSA) is 119 Å². The van der Waals surface area contributed by atoms with Crippen molar-refractivity contribution in [1.29, 1.82) is 0 Å². The Morgan fingerprint density at radius 3 is 2.48 bits per heavy atom. The van der Waals surface area contributed by atoms with Crippen molar-refractivity contribution in [3.63, 3.8) is 0 Å². The number of anilines is 1. The van der Waals surface area contributed by atoms with Crippen molar-refractivity contribution >= 4 is 39.1 Å². The van der Waals surface area contributed by atoms with Crippen molar-refractivity contribution in [3.05, 3.63) is 81.1 Å². The summed E-state index contributed by atoms with van der Waals surface area (Å²) in [5, 5.41) is 23.5. The highest BCUT2D eigenvalue weighted by molar-refractivity contribution is 6.04. The Morgan fingerprint density at radius 2 is 1.76 bits per heavy atom. The average molecular weight is 443 g/mol. The summed E-state index contributed by atoms with van der Waals surface area (Å²) in [7, 11) is 0. The van der Waals surface area contributed by atoms with Crippen LogP contribution in [0.5, 0.6) is 0 Å². The van der Waals surface area contributed by atoms with E-state index in [1.54, 1.807) is 28.8 Å². The highest BCUT2D eigenvalue weighted by Crippen LogP contribution is 2.26. The Morgan fingerprint density at radius 1 is 1.00 bits per heavy atom. The quantitative estimate of drug-likeness (QED) is 0.225. The number of likely N-dealkylation sites (N-methyl/N-ethyl adjacent to an activating group) is 1. The molecule has 0 bridgehead atoms. The van der Waals surface area contributed by atoms with Crippen molar-refractivity contribution in [2.45, 2.75) is 6.92 Å². The van der Waals surface area contributed by atoms with Crippen LogP contribution < -0.4 is 16.2 Å². The van der Waals surface area contributed by atoms with E-state index in [1.165, 1.54) is 16.7 Å². The van der Waals surface area contributed by atoms with Gasteiger partial charge in [-0.25, -0.2) is 4.98 Å². The maximum atomic E-state index is 13.6.